The average molecular weight is 415 g/mol. The summed E-state index contributed by atoms with van der Waals surface area (Å²) in [5.74, 6) is 0.0454. The first-order valence-corrected chi connectivity index (χ1v) is 8.45. The lowest BCUT2D eigenvalue weighted by Crippen LogP contribution is -2.39. The predicted molar refractivity (Wildman–Crippen MR) is 89.0 cm³/mol. The number of benzene rings is 1. The highest BCUT2D eigenvalue weighted by Crippen LogP contribution is 2.36. The molecule has 3 N–H and O–H groups in total. The minimum absolute atomic E-state index is 0. The van der Waals surface area contributed by atoms with Crippen LogP contribution >= 0.6 is 28.3 Å². The summed E-state index contributed by atoms with van der Waals surface area (Å²) in [7, 11) is -2.24. The van der Waals surface area contributed by atoms with Crippen LogP contribution in [0.1, 0.15) is 6.92 Å². The summed E-state index contributed by atoms with van der Waals surface area (Å²) < 4.78 is 32.0. The molecule has 0 fully saturated rings. The highest BCUT2D eigenvalue weighted by molar-refractivity contribution is 9.10. The normalized spacial score (nSPS) is 15.4. The number of amides is 1. The Balaban J connectivity index is 0.00000242. The molecule has 1 aromatic rings. The van der Waals surface area contributed by atoms with Gasteiger partial charge in [-0.05, 0) is 28.9 Å². The van der Waals surface area contributed by atoms with Gasteiger partial charge >= 0.3 is 0 Å². The smallest absolute Gasteiger partial charge is 0.262 e. The summed E-state index contributed by atoms with van der Waals surface area (Å²) in [4.78, 5) is 11.3. The molecule has 0 spiro atoms. The van der Waals surface area contributed by atoms with E-state index >= 15 is 0 Å². The number of hydrogen-bond donors (Lipinski definition) is 2. The second-order valence-electron chi connectivity index (χ2n) is 4.72. The quantitative estimate of drug-likeness (QED) is 0.770. The second kappa shape index (κ2) is 7.14. The van der Waals surface area contributed by atoms with Gasteiger partial charge in [-0.3, -0.25) is 4.79 Å². The van der Waals surface area contributed by atoms with Crippen molar-refractivity contribution in [2.45, 2.75) is 17.9 Å². The first-order chi connectivity index (χ1) is 9.77. The molecule has 1 heterocycles. The molecule has 7 nitrogen and oxygen atoms in total. The number of halogens is 2. The lowest BCUT2D eigenvalue weighted by molar-refractivity contribution is -0.118. The number of hydrogen-bond acceptors (Lipinski definition) is 5. The summed E-state index contributed by atoms with van der Waals surface area (Å²) in [6, 6.07) is 2.58. The van der Waals surface area contributed by atoms with Gasteiger partial charge in [-0.1, -0.05) is 0 Å². The molecule has 10 heteroatoms. The van der Waals surface area contributed by atoms with Gasteiger partial charge in [-0.15, -0.1) is 12.4 Å². The summed E-state index contributed by atoms with van der Waals surface area (Å²) in [6.45, 7) is 1.80. The van der Waals surface area contributed by atoms with Gasteiger partial charge in [-0.25, -0.2) is 8.42 Å². The molecule has 1 unspecified atom stereocenters. The molecule has 22 heavy (non-hydrogen) atoms. The van der Waals surface area contributed by atoms with Gasteiger partial charge in [0, 0.05) is 30.2 Å². The van der Waals surface area contributed by atoms with Crippen molar-refractivity contribution < 1.29 is 17.9 Å². The maximum atomic E-state index is 12.6. The number of nitrogens with zero attached hydrogens (tertiary/aromatic N) is 1. The third-order valence-corrected chi connectivity index (χ3v) is 6.22. The van der Waals surface area contributed by atoms with E-state index in [2.05, 4.69) is 21.2 Å². The molecule has 1 amide bonds. The Labute approximate surface area is 143 Å². The Morgan fingerprint density at radius 1 is 1.50 bits per heavy atom. The van der Waals surface area contributed by atoms with Crippen LogP contribution in [0.2, 0.25) is 0 Å². The topological polar surface area (TPSA) is 102 Å². The number of anilines is 1. The molecular formula is C12H17BrClN3O4S. The van der Waals surface area contributed by atoms with Gasteiger partial charge in [0.1, 0.15) is 10.6 Å². The van der Waals surface area contributed by atoms with Crippen molar-refractivity contribution in [3.63, 3.8) is 0 Å². The van der Waals surface area contributed by atoms with Crippen molar-refractivity contribution in [3.05, 3.63) is 16.6 Å². The zero-order valence-electron chi connectivity index (χ0n) is 12.0. The maximum Gasteiger partial charge on any atom is 0.262 e. The number of sulfonamides is 1. The molecule has 0 aromatic heterocycles. The van der Waals surface area contributed by atoms with Crippen LogP contribution in [0.25, 0.3) is 0 Å². The van der Waals surface area contributed by atoms with Crippen LogP contribution in [0.4, 0.5) is 5.69 Å². The van der Waals surface area contributed by atoms with E-state index in [9.17, 15) is 13.2 Å². The van der Waals surface area contributed by atoms with Gasteiger partial charge in [0.2, 0.25) is 10.0 Å². The fraction of sp³-hybridized carbons (Fsp3) is 0.417. The number of likely N-dealkylation sites (N-methyl/N-ethyl adjacent to an activating group) is 1. The third-order valence-electron chi connectivity index (χ3n) is 3.29. The average Bonchev–Trinajstić information content (AvgIpc) is 2.44. The molecule has 124 valence electrons. The molecule has 2 rings (SSSR count). The largest absolute Gasteiger partial charge is 0.482 e. The SMILES string of the molecule is CC(CN)N(C)S(=O)(=O)c1cc2c(cc1Br)NC(=O)CO2.Cl. The number of rotatable bonds is 4. The fourth-order valence-corrected chi connectivity index (χ4v) is 4.21. The van der Waals surface area contributed by atoms with Crippen molar-refractivity contribution in [3.8, 4) is 5.75 Å². The zero-order valence-corrected chi connectivity index (χ0v) is 15.2. The van der Waals surface area contributed by atoms with E-state index in [4.69, 9.17) is 10.5 Å². The van der Waals surface area contributed by atoms with Crippen LogP contribution in [0.15, 0.2) is 21.5 Å². The molecular weight excluding hydrogens is 398 g/mol. The molecule has 1 atom stereocenters. The van der Waals surface area contributed by atoms with Crippen molar-refractivity contribution in [1.82, 2.24) is 4.31 Å². The zero-order chi connectivity index (χ0) is 15.8. The van der Waals surface area contributed by atoms with Gasteiger partial charge in [-0.2, -0.15) is 4.31 Å². The van der Waals surface area contributed by atoms with Gasteiger partial charge in [0.15, 0.2) is 6.61 Å². The van der Waals surface area contributed by atoms with Crippen LogP contribution in [0, 0.1) is 0 Å². The molecule has 0 saturated heterocycles. The number of fused-ring (bicyclic) bond motifs is 1. The number of carbonyl (C=O) groups excluding carboxylic acids is 1. The Morgan fingerprint density at radius 3 is 2.73 bits per heavy atom. The summed E-state index contributed by atoms with van der Waals surface area (Å²) in [6.07, 6.45) is 0. The highest BCUT2D eigenvalue weighted by Gasteiger charge is 2.29. The van der Waals surface area contributed by atoms with E-state index in [0.717, 1.165) is 0 Å². The second-order valence-corrected chi connectivity index (χ2v) is 7.54. The standard InChI is InChI=1S/C12H16BrN3O4S.ClH/c1-7(5-14)16(2)21(18,19)11-4-10-9(3-8(11)13)15-12(17)6-20-10;/h3-4,7H,5-6,14H2,1-2H3,(H,15,17);1H. The molecule has 0 bridgehead atoms. The summed E-state index contributed by atoms with van der Waals surface area (Å²) in [5, 5.41) is 2.62. The Bertz CT molecular complexity index is 683. The minimum Gasteiger partial charge on any atom is -0.482 e. The van der Waals surface area contributed by atoms with Crippen LogP contribution in [0.5, 0.6) is 5.75 Å². The van der Waals surface area contributed by atoms with Crippen molar-refractivity contribution in [1.29, 1.82) is 0 Å². The number of carbonyl (C=O) groups is 1. The highest BCUT2D eigenvalue weighted by atomic mass is 79.9. The number of ether oxygens (including phenoxy) is 1. The van der Waals surface area contributed by atoms with Crippen molar-refractivity contribution in [2.24, 2.45) is 5.73 Å². The first kappa shape index (κ1) is 19.2. The van der Waals surface area contributed by atoms with Crippen molar-refractivity contribution in [2.75, 3.05) is 25.5 Å². The number of nitrogens with two attached hydrogens (primary N) is 1. The molecule has 1 aliphatic rings. The summed E-state index contributed by atoms with van der Waals surface area (Å²) in [5.41, 5.74) is 5.96. The van der Waals surface area contributed by atoms with E-state index < -0.39 is 10.0 Å². The molecule has 1 aromatic carbocycles. The van der Waals surface area contributed by atoms with Crippen LogP contribution in [-0.4, -0.2) is 44.9 Å². The monoisotopic (exact) mass is 413 g/mol. The molecule has 0 aliphatic carbocycles. The van der Waals surface area contributed by atoms with E-state index in [-0.39, 0.29) is 42.4 Å². The predicted octanol–water partition coefficient (Wildman–Crippen LogP) is 1.17. The third kappa shape index (κ3) is 3.54. The van der Waals surface area contributed by atoms with E-state index in [1.54, 1.807) is 6.92 Å². The number of nitrogens with one attached hydrogen (secondary N) is 1. The summed E-state index contributed by atoms with van der Waals surface area (Å²) >= 11 is 3.23. The molecule has 0 saturated carbocycles. The first-order valence-electron chi connectivity index (χ1n) is 6.21. The van der Waals surface area contributed by atoms with Crippen LogP contribution in [-0.2, 0) is 14.8 Å². The Morgan fingerprint density at radius 2 is 2.14 bits per heavy atom. The molecule has 0 radical (unpaired) electrons. The van der Waals surface area contributed by atoms with E-state index in [1.807, 2.05) is 0 Å². The lowest BCUT2D eigenvalue weighted by atomic mass is 10.2. The van der Waals surface area contributed by atoms with Gasteiger partial charge in [0.25, 0.3) is 5.91 Å². The maximum absolute atomic E-state index is 12.6. The van der Waals surface area contributed by atoms with Crippen LogP contribution in [0.3, 0.4) is 0 Å². The molecule has 1 aliphatic heterocycles. The van der Waals surface area contributed by atoms with E-state index in [0.29, 0.717) is 15.9 Å². The Kier molecular flexibility index (Phi) is 6.22. The van der Waals surface area contributed by atoms with E-state index in [1.165, 1.54) is 23.5 Å². The van der Waals surface area contributed by atoms with Gasteiger partial charge in [0.05, 0.1) is 5.69 Å². The van der Waals surface area contributed by atoms with Crippen molar-refractivity contribution >= 4 is 50.0 Å². The minimum atomic E-state index is -3.71. The Hall–Kier alpha value is -0.870. The van der Waals surface area contributed by atoms with Crippen LogP contribution < -0.4 is 15.8 Å². The lowest BCUT2D eigenvalue weighted by Gasteiger charge is -2.25. The fourth-order valence-electron chi connectivity index (χ4n) is 1.82. The van der Waals surface area contributed by atoms with Gasteiger partial charge < -0.3 is 15.8 Å².